The van der Waals surface area contributed by atoms with Gasteiger partial charge in [0.2, 0.25) is 10.0 Å². The second-order valence-corrected chi connectivity index (χ2v) is 6.35. The molecule has 0 saturated carbocycles. The minimum Gasteiger partial charge on any atom is -0.398 e. The standard InChI is InChI=1S/C13H21FN2O2S/c1-4-10(5-2)9(3)16-19(17,18)13-8-11(14)6-7-12(13)15/h6-10,16H,4-5,15H2,1-3H3. The molecular formula is C13H21FN2O2S. The van der Waals surface area contributed by atoms with Gasteiger partial charge in [0.1, 0.15) is 10.7 Å². The fourth-order valence-corrected chi connectivity index (χ4v) is 3.60. The zero-order valence-corrected chi connectivity index (χ0v) is 12.3. The minimum atomic E-state index is -3.79. The van der Waals surface area contributed by atoms with Gasteiger partial charge in [-0.05, 0) is 31.0 Å². The zero-order chi connectivity index (χ0) is 14.6. The van der Waals surface area contributed by atoms with Crippen molar-refractivity contribution in [3.05, 3.63) is 24.0 Å². The van der Waals surface area contributed by atoms with E-state index in [2.05, 4.69) is 4.72 Å². The van der Waals surface area contributed by atoms with Crippen LogP contribution in [0, 0.1) is 11.7 Å². The van der Waals surface area contributed by atoms with Crippen LogP contribution < -0.4 is 10.5 Å². The molecule has 6 heteroatoms. The van der Waals surface area contributed by atoms with E-state index in [9.17, 15) is 12.8 Å². The predicted molar refractivity (Wildman–Crippen MR) is 74.7 cm³/mol. The van der Waals surface area contributed by atoms with Crippen molar-refractivity contribution in [3.63, 3.8) is 0 Å². The van der Waals surface area contributed by atoms with Gasteiger partial charge < -0.3 is 5.73 Å². The number of rotatable bonds is 6. The van der Waals surface area contributed by atoms with Crippen molar-refractivity contribution >= 4 is 15.7 Å². The van der Waals surface area contributed by atoms with Crippen LogP contribution in [0.3, 0.4) is 0 Å². The van der Waals surface area contributed by atoms with Gasteiger partial charge >= 0.3 is 0 Å². The summed E-state index contributed by atoms with van der Waals surface area (Å²) < 4.78 is 40.1. The summed E-state index contributed by atoms with van der Waals surface area (Å²) in [6.07, 6.45) is 1.75. The van der Waals surface area contributed by atoms with Crippen LogP contribution in [-0.4, -0.2) is 14.5 Å². The van der Waals surface area contributed by atoms with Crippen LogP contribution in [-0.2, 0) is 10.0 Å². The van der Waals surface area contributed by atoms with Gasteiger partial charge in [-0.1, -0.05) is 26.7 Å². The lowest BCUT2D eigenvalue weighted by Crippen LogP contribution is -2.38. The van der Waals surface area contributed by atoms with E-state index in [1.807, 2.05) is 20.8 Å². The number of halogens is 1. The Kier molecular flexibility index (Phi) is 5.31. The Bertz CT molecular complexity index is 527. The molecule has 0 heterocycles. The molecule has 0 aliphatic rings. The van der Waals surface area contributed by atoms with Crippen molar-refractivity contribution < 1.29 is 12.8 Å². The van der Waals surface area contributed by atoms with Gasteiger partial charge in [0.15, 0.2) is 0 Å². The van der Waals surface area contributed by atoms with Gasteiger partial charge in [0, 0.05) is 6.04 Å². The summed E-state index contributed by atoms with van der Waals surface area (Å²) in [5.41, 5.74) is 5.65. The minimum absolute atomic E-state index is 0.0469. The molecule has 0 aromatic heterocycles. The van der Waals surface area contributed by atoms with E-state index in [0.717, 1.165) is 25.0 Å². The first kappa shape index (κ1) is 15.9. The molecular weight excluding hydrogens is 267 g/mol. The van der Waals surface area contributed by atoms with E-state index in [0.29, 0.717) is 0 Å². The first-order valence-corrected chi connectivity index (χ1v) is 7.87. The first-order valence-electron chi connectivity index (χ1n) is 6.39. The molecule has 0 radical (unpaired) electrons. The highest BCUT2D eigenvalue weighted by Gasteiger charge is 2.23. The van der Waals surface area contributed by atoms with Crippen molar-refractivity contribution in [3.8, 4) is 0 Å². The van der Waals surface area contributed by atoms with Crippen molar-refractivity contribution in [2.45, 2.75) is 44.6 Å². The van der Waals surface area contributed by atoms with E-state index in [4.69, 9.17) is 5.73 Å². The quantitative estimate of drug-likeness (QED) is 0.790. The Morgan fingerprint density at radius 1 is 1.32 bits per heavy atom. The molecule has 1 unspecified atom stereocenters. The summed E-state index contributed by atoms with van der Waals surface area (Å²) in [6.45, 7) is 5.83. The summed E-state index contributed by atoms with van der Waals surface area (Å²) in [6, 6.07) is 3.12. The van der Waals surface area contributed by atoms with E-state index in [1.54, 1.807) is 0 Å². The number of benzene rings is 1. The van der Waals surface area contributed by atoms with Gasteiger partial charge in [-0.2, -0.15) is 0 Å². The number of nitrogen functional groups attached to an aromatic ring is 1. The van der Waals surface area contributed by atoms with Crippen LogP contribution in [0.2, 0.25) is 0 Å². The van der Waals surface area contributed by atoms with Crippen molar-refractivity contribution in [1.82, 2.24) is 4.72 Å². The highest BCUT2D eigenvalue weighted by molar-refractivity contribution is 7.89. The molecule has 0 saturated heterocycles. The van der Waals surface area contributed by atoms with Crippen molar-refractivity contribution in [1.29, 1.82) is 0 Å². The third kappa shape index (κ3) is 3.91. The molecule has 0 amide bonds. The normalized spacial score (nSPS) is 13.7. The lowest BCUT2D eigenvalue weighted by Gasteiger charge is -2.22. The number of anilines is 1. The maximum absolute atomic E-state index is 13.2. The van der Waals surface area contributed by atoms with Crippen molar-refractivity contribution in [2.75, 3.05) is 5.73 Å². The molecule has 1 aromatic rings. The van der Waals surface area contributed by atoms with Crippen LogP contribution in [0.25, 0.3) is 0 Å². The lowest BCUT2D eigenvalue weighted by molar-refractivity contribution is 0.390. The summed E-state index contributed by atoms with van der Waals surface area (Å²) in [7, 11) is -3.79. The Labute approximate surface area is 114 Å². The molecule has 4 nitrogen and oxygen atoms in total. The maximum atomic E-state index is 13.2. The molecule has 0 bridgehead atoms. The number of hydrogen-bond donors (Lipinski definition) is 2. The van der Waals surface area contributed by atoms with Gasteiger partial charge in [0.05, 0.1) is 5.69 Å². The monoisotopic (exact) mass is 288 g/mol. The van der Waals surface area contributed by atoms with Crippen LogP contribution >= 0.6 is 0 Å². The SMILES string of the molecule is CCC(CC)C(C)NS(=O)(=O)c1cc(F)ccc1N. The van der Waals surface area contributed by atoms with Gasteiger partial charge in [-0.25, -0.2) is 17.5 Å². The number of sulfonamides is 1. The fraction of sp³-hybridized carbons (Fsp3) is 0.538. The lowest BCUT2D eigenvalue weighted by atomic mass is 9.96. The predicted octanol–water partition coefficient (Wildman–Crippen LogP) is 2.51. The summed E-state index contributed by atoms with van der Waals surface area (Å²) >= 11 is 0. The molecule has 19 heavy (non-hydrogen) atoms. The van der Waals surface area contributed by atoms with Gasteiger partial charge in [-0.3, -0.25) is 0 Å². The topological polar surface area (TPSA) is 72.2 Å². The van der Waals surface area contributed by atoms with E-state index in [-0.39, 0.29) is 22.5 Å². The molecule has 1 rings (SSSR count). The smallest absolute Gasteiger partial charge is 0.242 e. The third-order valence-electron chi connectivity index (χ3n) is 3.36. The Hall–Kier alpha value is -1.14. The van der Waals surface area contributed by atoms with E-state index < -0.39 is 15.8 Å². The van der Waals surface area contributed by atoms with Gasteiger partial charge in [-0.15, -0.1) is 0 Å². The second kappa shape index (κ2) is 6.34. The van der Waals surface area contributed by atoms with E-state index >= 15 is 0 Å². The molecule has 3 N–H and O–H groups in total. The van der Waals surface area contributed by atoms with Crippen LogP contribution in [0.5, 0.6) is 0 Å². The first-order chi connectivity index (χ1) is 8.81. The molecule has 0 fully saturated rings. The molecule has 0 aliphatic carbocycles. The van der Waals surface area contributed by atoms with Crippen LogP contribution in [0.15, 0.2) is 23.1 Å². The van der Waals surface area contributed by atoms with Gasteiger partial charge in [0.25, 0.3) is 0 Å². The number of nitrogens with one attached hydrogen (secondary N) is 1. The Morgan fingerprint density at radius 3 is 2.42 bits per heavy atom. The zero-order valence-electron chi connectivity index (χ0n) is 11.5. The second-order valence-electron chi connectivity index (χ2n) is 4.67. The summed E-state index contributed by atoms with van der Waals surface area (Å²) in [5.74, 6) is -0.380. The van der Waals surface area contributed by atoms with E-state index in [1.165, 1.54) is 6.07 Å². The average molecular weight is 288 g/mol. The Morgan fingerprint density at radius 2 is 1.89 bits per heavy atom. The number of nitrogens with two attached hydrogens (primary N) is 1. The van der Waals surface area contributed by atoms with Crippen LogP contribution in [0.1, 0.15) is 33.6 Å². The average Bonchev–Trinajstić information content (AvgIpc) is 2.33. The highest BCUT2D eigenvalue weighted by Crippen LogP contribution is 2.21. The molecule has 1 atom stereocenters. The summed E-state index contributed by atoms with van der Waals surface area (Å²) in [5, 5.41) is 0. The molecule has 0 aliphatic heterocycles. The Balaban J connectivity index is 3.01. The maximum Gasteiger partial charge on any atom is 0.242 e. The fourth-order valence-electron chi connectivity index (χ4n) is 2.14. The largest absolute Gasteiger partial charge is 0.398 e. The molecule has 1 aromatic carbocycles. The summed E-state index contributed by atoms with van der Waals surface area (Å²) in [4.78, 5) is -0.203. The highest BCUT2D eigenvalue weighted by atomic mass is 32.2. The van der Waals surface area contributed by atoms with Crippen LogP contribution in [0.4, 0.5) is 10.1 Å². The number of hydrogen-bond acceptors (Lipinski definition) is 3. The molecule has 0 spiro atoms. The molecule has 108 valence electrons. The third-order valence-corrected chi connectivity index (χ3v) is 4.98. The van der Waals surface area contributed by atoms with Crippen molar-refractivity contribution in [2.24, 2.45) is 5.92 Å².